The lowest BCUT2D eigenvalue weighted by Gasteiger charge is -2.35. The zero-order valence-corrected chi connectivity index (χ0v) is 21.1. The number of hydrogen-bond acceptors (Lipinski definition) is 1. The van der Waals surface area contributed by atoms with E-state index < -0.39 is 0 Å². The molecule has 2 aliphatic carbocycles. The number of hydrogen-bond donors (Lipinski definition) is 1. The topological polar surface area (TPSA) is 12.0 Å². The fourth-order valence-corrected chi connectivity index (χ4v) is 6.99. The normalized spacial score (nSPS) is 14.3. The van der Waals surface area contributed by atoms with E-state index in [0.29, 0.717) is 0 Å². The van der Waals surface area contributed by atoms with E-state index in [2.05, 4.69) is 139 Å². The molecule has 0 aliphatic heterocycles. The van der Waals surface area contributed by atoms with Gasteiger partial charge in [0.15, 0.2) is 0 Å². The Bertz CT molecular complexity index is 1810. The molecule has 0 saturated carbocycles. The van der Waals surface area contributed by atoms with Gasteiger partial charge in [-0.3, -0.25) is 0 Å². The van der Waals surface area contributed by atoms with Crippen molar-refractivity contribution in [3.8, 4) is 11.1 Å². The summed E-state index contributed by atoms with van der Waals surface area (Å²) in [5.74, 6) is 0. The molecule has 2 aliphatic rings. The summed E-state index contributed by atoms with van der Waals surface area (Å²) in [5, 5.41) is 6.24. The molecule has 0 unspecified atom stereocenters. The lowest BCUT2D eigenvalue weighted by molar-refractivity contribution is 0.762. The van der Waals surface area contributed by atoms with Crippen LogP contribution >= 0.6 is 0 Å². The van der Waals surface area contributed by atoms with Crippen molar-refractivity contribution in [2.75, 3.05) is 5.32 Å². The maximum Gasteiger partial charge on any atom is 0.0719 e. The van der Waals surface area contributed by atoms with Crippen molar-refractivity contribution in [2.45, 2.75) is 18.3 Å². The average molecular weight is 486 g/mol. The summed E-state index contributed by atoms with van der Waals surface area (Å²) in [6.45, 7) is 0. The minimum atomic E-state index is -0.337. The van der Waals surface area contributed by atoms with Gasteiger partial charge in [0, 0.05) is 11.4 Å². The molecular weight excluding hydrogens is 458 g/mol. The first-order valence-electron chi connectivity index (χ1n) is 13.5. The lowest BCUT2D eigenvalue weighted by Crippen LogP contribution is -2.30. The van der Waals surface area contributed by atoms with Gasteiger partial charge < -0.3 is 5.32 Å². The molecule has 6 aromatic carbocycles. The highest BCUT2D eigenvalue weighted by atomic mass is 14.9. The Labute approximate surface area is 223 Å². The first kappa shape index (κ1) is 21.5. The second kappa shape index (κ2) is 8.19. The zero-order chi connectivity index (χ0) is 25.1. The van der Waals surface area contributed by atoms with Crippen LogP contribution in [0.5, 0.6) is 0 Å². The van der Waals surface area contributed by atoms with Gasteiger partial charge in [-0.1, -0.05) is 109 Å². The molecule has 38 heavy (non-hydrogen) atoms. The molecule has 1 nitrogen and oxygen atoms in total. The first-order valence-corrected chi connectivity index (χ1v) is 13.5. The largest absolute Gasteiger partial charge is 0.355 e. The maximum absolute atomic E-state index is 3.74. The summed E-state index contributed by atoms with van der Waals surface area (Å²) in [7, 11) is 0. The van der Waals surface area contributed by atoms with Crippen LogP contribution < -0.4 is 5.32 Å². The molecule has 6 aromatic rings. The van der Waals surface area contributed by atoms with Crippen LogP contribution in [-0.4, -0.2) is 0 Å². The van der Waals surface area contributed by atoms with E-state index in [-0.39, 0.29) is 5.41 Å². The second-order valence-corrected chi connectivity index (χ2v) is 10.6. The van der Waals surface area contributed by atoms with Crippen molar-refractivity contribution in [3.63, 3.8) is 0 Å². The Kier molecular flexibility index (Phi) is 4.63. The van der Waals surface area contributed by atoms with E-state index >= 15 is 0 Å². The Hall–Kier alpha value is -4.62. The van der Waals surface area contributed by atoms with Crippen LogP contribution in [0.1, 0.15) is 33.4 Å². The smallest absolute Gasteiger partial charge is 0.0719 e. The monoisotopic (exact) mass is 485 g/mol. The van der Waals surface area contributed by atoms with Crippen LogP contribution in [0, 0.1) is 0 Å². The molecule has 1 N–H and O–H groups in total. The number of rotatable bonds is 2. The summed E-state index contributed by atoms with van der Waals surface area (Å²) < 4.78 is 0. The number of fused-ring (bicyclic) bond motifs is 10. The van der Waals surface area contributed by atoms with E-state index in [1.807, 2.05) is 0 Å². The Morgan fingerprint density at radius 3 is 1.74 bits per heavy atom. The van der Waals surface area contributed by atoms with Crippen LogP contribution in [0.15, 0.2) is 133 Å². The predicted molar refractivity (Wildman–Crippen MR) is 158 cm³/mol. The maximum atomic E-state index is 3.74. The van der Waals surface area contributed by atoms with Gasteiger partial charge in [-0.15, -0.1) is 0 Å². The van der Waals surface area contributed by atoms with E-state index in [1.165, 1.54) is 55.3 Å². The molecule has 0 atom stereocenters. The van der Waals surface area contributed by atoms with Gasteiger partial charge in [0.1, 0.15) is 0 Å². The first-order chi connectivity index (χ1) is 18.8. The van der Waals surface area contributed by atoms with Crippen molar-refractivity contribution in [2.24, 2.45) is 0 Å². The summed E-state index contributed by atoms with van der Waals surface area (Å²) in [6, 6.07) is 49.4. The summed E-state index contributed by atoms with van der Waals surface area (Å²) >= 11 is 0. The lowest BCUT2D eigenvalue weighted by atomic mass is 9.66. The van der Waals surface area contributed by atoms with Crippen molar-refractivity contribution >= 4 is 22.1 Å². The molecular formula is C37H27N. The van der Waals surface area contributed by atoms with E-state index in [0.717, 1.165) is 24.2 Å². The standard InChI is InChI=1S/C37H27N/c1-2-12-28-23-29(20-19-25(28)9-1)38-30-21-22-32-31-13-5-8-16-35(31)37(36(32)24-30)33-14-6-3-10-26(33)17-18-27-11-4-7-15-34(27)37/h1-16,19-24,38H,17-18H2. The zero-order valence-electron chi connectivity index (χ0n) is 21.1. The van der Waals surface area contributed by atoms with Crippen LogP contribution in [0.2, 0.25) is 0 Å². The van der Waals surface area contributed by atoms with Crippen molar-refractivity contribution in [1.29, 1.82) is 0 Å². The second-order valence-electron chi connectivity index (χ2n) is 10.6. The molecule has 0 fully saturated rings. The van der Waals surface area contributed by atoms with E-state index in [1.54, 1.807) is 0 Å². The third-order valence-electron chi connectivity index (χ3n) is 8.59. The molecule has 0 bridgehead atoms. The summed E-state index contributed by atoms with van der Waals surface area (Å²) in [4.78, 5) is 0. The Balaban J connectivity index is 1.39. The number of benzene rings is 6. The molecule has 1 spiro atoms. The van der Waals surface area contributed by atoms with Gasteiger partial charge >= 0.3 is 0 Å². The molecule has 8 rings (SSSR count). The molecule has 0 amide bonds. The third kappa shape index (κ3) is 2.99. The highest BCUT2D eigenvalue weighted by Gasteiger charge is 2.48. The van der Waals surface area contributed by atoms with Crippen molar-refractivity contribution in [3.05, 3.63) is 167 Å². The van der Waals surface area contributed by atoms with Gasteiger partial charge in [-0.2, -0.15) is 0 Å². The predicted octanol–water partition coefficient (Wildman–Crippen LogP) is 9.05. The fourth-order valence-electron chi connectivity index (χ4n) is 6.99. The van der Waals surface area contributed by atoms with Crippen LogP contribution in [0.4, 0.5) is 11.4 Å². The van der Waals surface area contributed by atoms with Gasteiger partial charge in [-0.25, -0.2) is 0 Å². The minimum Gasteiger partial charge on any atom is -0.355 e. The van der Waals surface area contributed by atoms with Gasteiger partial charge in [0.05, 0.1) is 5.41 Å². The van der Waals surface area contributed by atoms with Gasteiger partial charge in [0.2, 0.25) is 0 Å². The molecule has 1 heteroatoms. The summed E-state index contributed by atoms with van der Waals surface area (Å²) in [5.41, 5.74) is 13.0. The van der Waals surface area contributed by atoms with Crippen LogP contribution in [0.25, 0.3) is 21.9 Å². The SMILES string of the molecule is c1ccc2c(c1)CCc1ccccc1C21c2ccccc2-c2ccc(Nc3ccc4ccccc4c3)cc21. The molecule has 0 aromatic heterocycles. The number of aryl methyl sites for hydroxylation is 2. The molecule has 180 valence electrons. The quantitative estimate of drug-likeness (QED) is 0.258. The highest BCUT2D eigenvalue weighted by molar-refractivity contribution is 5.90. The van der Waals surface area contributed by atoms with E-state index in [4.69, 9.17) is 0 Å². The van der Waals surface area contributed by atoms with Crippen molar-refractivity contribution in [1.82, 2.24) is 0 Å². The van der Waals surface area contributed by atoms with Gasteiger partial charge in [-0.05, 0) is 92.4 Å². The van der Waals surface area contributed by atoms with Gasteiger partial charge in [0.25, 0.3) is 0 Å². The Morgan fingerprint density at radius 2 is 0.974 bits per heavy atom. The molecule has 0 heterocycles. The Morgan fingerprint density at radius 1 is 0.421 bits per heavy atom. The minimum absolute atomic E-state index is 0.337. The molecule has 0 saturated heterocycles. The van der Waals surface area contributed by atoms with Crippen LogP contribution in [0.3, 0.4) is 0 Å². The molecule has 0 radical (unpaired) electrons. The highest BCUT2D eigenvalue weighted by Crippen LogP contribution is 2.58. The third-order valence-corrected chi connectivity index (χ3v) is 8.59. The van der Waals surface area contributed by atoms with E-state index in [9.17, 15) is 0 Å². The van der Waals surface area contributed by atoms with Crippen molar-refractivity contribution < 1.29 is 0 Å². The average Bonchev–Trinajstić information content (AvgIpc) is 3.17. The summed E-state index contributed by atoms with van der Waals surface area (Å²) in [6.07, 6.45) is 2.11. The number of nitrogens with one attached hydrogen (secondary N) is 1. The fraction of sp³-hybridized carbons (Fsp3) is 0.0811. The number of anilines is 2. The van der Waals surface area contributed by atoms with Crippen LogP contribution in [-0.2, 0) is 18.3 Å².